The maximum Gasteiger partial charge on any atom is 0.120 e. The molecule has 0 saturated heterocycles. The van der Waals surface area contributed by atoms with Gasteiger partial charge in [-0.3, -0.25) is 0 Å². The Morgan fingerprint density at radius 2 is 2.00 bits per heavy atom. The molecule has 2 aromatic carbocycles. The highest BCUT2D eigenvalue weighted by atomic mass is 32.1. The maximum absolute atomic E-state index is 5.97. The zero-order valence-corrected chi connectivity index (χ0v) is 12.1. The van der Waals surface area contributed by atoms with Crippen molar-refractivity contribution >= 4 is 27.2 Å². The van der Waals surface area contributed by atoms with Crippen LogP contribution in [0.15, 0.2) is 42.5 Å². The molecule has 0 aliphatic heterocycles. The minimum Gasteiger partial charge on any atom is -0.398 e. The van der Waals surface area contributed by atoms with Crippen LogP contribution in [0, 0.1) is 6.92 Å². The van der Waals surface area contributed by atoms with E-state index in [-0.39, 0.29) is 0 Å². The number of aromatic nitrogens is 1. The third-order valence-electron chi connectivity index (χ3n) is 3.12. The van der Waals surface area contributed by atoms with Gasteiger partial charge < -0.3 is 10.5 Å². The molecule has 0 aliphatic carbocycles. The van der Waals surface area contributed by atoms with E-state index >= 15 is 0 Å². The second-order valence-electron chi connectivity index (χ2n) is 4.77. The van der Waals surface area contributed by atoms with Gasteiger partial charge in [0.2, 0.25) is 0 Å². The summed E-state index contributed by atoms with van der Waals surface area (Å²) >= 11 is 1.67. The minimum atomic E-state index is 0.516. The molecule has 2 N–H and O–H groups in total. The second-order valence-corrected chi connectivity index (χ2v) is 5.89. The van der Waals surface area contributed by atoms with Crippen LogP contribution < -0.4 is 5.73 Å². The average Bonchev–Trinajstić information content (AvgIpc) is 2.84. The van der Waals surface area contributed by atoms with Crippen molar-refractivity contribution in [3.8, 4) is 0 Å². The van der Waals surface area contributed by atoms with Crippen molar-refractivity contribution in [2.45, 2.75) is 20.1 Å². The number of ether oxygens (including phenoxy) is 1. The van der Waals surface area contributed by atoms with Gasteiger partial charge in [-0.1, -0.05) is 24.3 Å². The van der Waals surface area contributed by atoms with Crippen molar-refractivity contribution in [3.05, 3.63) is 58.6 Å². The van der Waals surface area contributed by atoms with Crippen LogP contribution in [0.5, 0.6) is 0 Å². The Labute approximate surface area is 122 Å². The molecule has 20 heavy (non-hydrogen) atoms. The van der Waals surface area contributed by atoms with Crippen molar-refractivity contribution < 1.29 is 4.74 Å². The summed E-state index contributed by atoms with van der Waals surface area (Å²) in [4.78, 5) is 4.54. The third-order valence-corrected chi connectivity index (χ3v) is 4.13. The number of thiazole rings is 1. The number of fused-ring (bicyclic) bond motifs is 1. The second kappa shape index (κ2) is 5.61. The molecule has 0 saturated carbocycles. The molecule has 3 nitrogen and oxygen atoms in total. The molecule has 3 rings (SSSR count). The summed E-state index contributed by atoms with van der Waals surface area (Å²) in [6, 6.07) is 14.2. The van der Waals surface area contributed by atoms with Gasteiger partial charge >= 0.3 is 0 Å². The first-order chi connectivity index (χ1) is 9.72. The third kappa shape index (κ3) is 2.81. The Bertz CT molecular complexity index is 703. The van der Waals surface area contributed by atoms with Crippen LogP contribution in [0.3, 0.4) is 0 Å². The summed E-state index contributed by atoms with van der Waals surface area (Å²) in [5.41, 5.74) is 9.98. The minimum absolute atomic E-state index is 0.516. The van der Waals surface area contributed by atoms with Crippen LogP contribution in [0.1, 0.15) is 16.1 Å². The number of para-hydroxylation sites is 1. The van der Waals surface area contributed by atoms with Gasteiger partial charge in [0.25, 0.3) is 0 Å². The molecule has 4 heteroatoms. The largest absolute Gasteiger partial charge is 0.398 e. The van der Waals surface area contributed by atoms with Gasteiger partial charge in [-0.05, 0) is 30.7 Å². The van der Waals surface area contributed by atoms with E-state index in [2.05, 4.69) is 11.1 Å². The van der Waals surface area contributed by atoms with Crippen LogP contribution in [0.4, 0.5) is 5.69 Å². The lowest BCUT2D eigenvalue weighted by molar-refractivity contribution is 0.107. The molecule has 0 amide bonds. The molecule has 0 atom stereocenters. The van der Waals surface area contributed by atoms with Crippen LogP contribution >= 0.6 is 11.3 Å². The molecule has 3 aromatic rings. The maximum atomic E-state index is 5.97. The number of nitrogens with two attached hydrogens (primary N) is 1. The van der Waals surface area contributed by atoms with Crippen molar-refractivity contribution in [2.75, 3.05) is 5.73 Å². The fourth-order valence-electron chi connectivity index (χ4n) is 2.08. The van der Waals surface area contributed by atoms with E-state index in [9.17, 15) is 0 Å². The van der Waals surface area contributed by atoms with E-state index in [0.29, 0.717) is 13.2 Å². The van der Waals surface area contributed by atoms with Gasteiger partial charge in [0.1, 0.15) is 5.01 Å². The first-order valence-corrected chi connectivity index (χ1v) is 7.31. The molecule has 1 heterocycles. The van der Waals surface area contributed by atoms with Gasteiger partial charge in [-0.25, -0.2) is 4.98 Å². The Morgan fingerprint density at radius 1 is 1.15 bits per heavy atom. The molecule has 0 bridgehead atoms. The summed E-state index contributed by atoms with van der Waals surface area (Å²) in [6.45, 7) is 3.07. The summed E-state index contributed by atoms with van der Waals surface area (Å²) < 4.78 is 6.92. The normalized spacial score (nSPS) is 11.1. The molecule has 102 valence electrons. The number of hydrogen-bond acceptors (Lipinski definition) is 4. The van der Waals surface area contributed by atoms with Crippen molar-refractivity contribution in [1.29, 1.82) is 0 Å². The number of hydrogen-bond donors (Lipinski definition) is 1. The quantitative estimate of drug-likeness (QED) is 0.739. The topological polar surface area (TPSA) is 48.1 Å². The lowest BCUT2D eigenvalue weighted by Crippen LogP contribution is -1.98. The molecule has 0 aliphatic rings. The number of aryl methyl sites for hydroxylation is 1. The smallest absolute Gasteiger partial charge is 0.120 e. The standard InChI is InChI=1S/C16H16N2OS/c1-11-6-7-12(13(17)8-11)9-19-10-16-18-14-4-2-3-5-15(14)20-16/h2-8H,9-10,17H2,1H3. The van der Waals surface area contributed by atoms with Gasteiger partial charge in [-0.15, -0.1) is 11.3 Å². The molecule has 0 fully saturated rings. The number of nitrogens with zero attached hydrogens (tertiary/aromatic N) is 1. The van der Waals surface area contributed by atoms with Crippen molar-refractivity contribution in [2.24, 2.45) is 0 Å². The predicted molar refractivity (Wildman–Crippen MR) is 83.7 cm³/mol. The van der Waals surface area contributed by atoms with Gasteiger partial charge in [0.05, 0.1) is 23.4 Å². The molecule has 0 radical (unpaired) electrons. The number of anilines is 1. The van der Waals surface area contributed by atoms with E-state index in [4.69, 9.17) is 10.5 Å². The average molecular weight is 284 g/mol. The Hall–Kier alpha value is -1.91. The van der Waals surface area contributed by atoms with Gasteiger partial charge in [-0.2, -0.15) is 0 Å². The van der Waals surface area contributed by atoms with Crippen LogP contribution in [0.25, 0.3) is 10.2 Å². The number of nitrogen functional groups attached to an aromatic ring is 1. The first kappa shape index (κ1) is 13.1. The molecular formula is C16H16N2OS. The molecule has 0 unspecified atom stereocenters. The zero-order chi connectivity index (χ0) is 13.9. The lowest BCUT2D eigenvalue weighted by atomic mass is 10.1. The van der Waals surface area contributed by atoms with E-state index in [0.717, 1.165) is 27.3 Å². The SMILES string of the molecule is Cc1ccc(COCc2nc3ccccc3s2)c(N)c1. The van der Waals surface area contributed by atoms with E-state index in [1.165, 1.54) is 4.70 Å². The number of benzene rings is 2. The van der Waals surface area contributed by atoms with E-state index < -0.39 is 0 Å². The lowest BCUT2D eigenvalue weighted by Gasteiger charge is -2.06. The summed E-state index contributed by atoms with van der Waals surface area (Å²) in [6.07, 6.45) is 0. The number of rotatable bonds is 4. The highest BCUT2D eigenvalue weighted by Crippen LogP contribution is 2.22. The molecule has 0 spiro atoms. The molecule has 1 aromatic heterocycles. The van der Waals surface area contributed by atoms with Gasteiger partial charge in [0.15, 0.2) is 0 Å². The van der Waals surface area contributed by atoms with Crippen LogP contribution in [-0.4, -0.2) is 4.98 Å². The zero-order valence-electron chi connectivity index (χ0n) is 11.3. The predicted octanol–water partition coefficient (Wildman–Crippen LogP) is 3.90. The first-order valence-electron chi connectivity index (χ1n) is 6.49. The highest BCUT2D eigenvalue weighted by molar-refractivity contribution is 7.18. The Morgan fingerprint density at radius 3 is 2.80 bits per heavy atom. The summed E-state index contributed by atoms with van der Waals surface area (Å²) in [5, 5.41) is 0.997. The van der Waals surface area contributed by atoms with Crippen LogP contribution in [-0.2, 0) is 18.0 Å². The van der Waals surface area contributed by atoms with Gasteiger partial charge in [0, 0.05) is 11.3 Å². The Kier molecular flexibility index (Phi) is 3.67. The molecular weight excluding hydrogens is 268 g/mol. The van der Waals surface area contributed by atoms with Crippen molar-refractivity contribution in [1.82, 2.24) is 4.98 Å². The summed E-state index contributed by atoms with van der Waals surface area (Å²) in [7, 11) is 0. The van der Waals surface area contributed by atoms with Crippen molar-refractivity contribution in [3.63, 3.8) is 0 Å². The fourth-order valence-corrected chi connectivity index (χ4v) is 2.98. The van der Waals surface area contributed by atoms with E-state index in [1.54, 1.807) is 11.3 Å². The highest BCUT2D eigenvalue weighted by Gasteiger charge is 2.04. The Balaban J connectivity index is 1.64. The summed E-state index contributed by atoms with van der Waals surface area (Å²) in [5.74, 6) is 0. The van der Waals surface area contributed by atoms with Crippen LogP contribution in [0.2, 0.25) is 0 Å². The fraction of sp³-hybridized carbons (Fsp3) is 0.188. The monoisotopic (exact) mass is 284 g/mol. The van der Waals surface area contributed by atoms with E-state index in [1.807, 2.05) is 43.3 Å².